The fourth-order valence-corrected chi connectivity index (χ4v) is 3.38. The molecule has 2 heterocycles. The molecule has 3 nitrogen and oxygen atoms in total. The zero-order valence-corrected chi connectivity index (χ0v) is 13.2. The maximum Gasteiger partial charge on any atom is 0.160 e. The molecule has 1 unspecified atom stereocenters. The van der Waals surface area contributed by atoms with Crippen LogP contribution in [0.25, 0.3) is 11.2 Å². The van der Waals surface area contributed by atoms with Crippen LogP contribution < -0.4 is 0 Å². The number of hydrogen-bond donors (Lipinski definition) is 0. The normalized spacial score (nSPS) is 21.2. The summed E-state index contributed by atoms with van der Waals surface area (Å²) < 4.78 is 2.29. The van der Waals surface area contributed by atoms with Crippen molar-refractivity contribution >= 4 is 22.8 Å². The number of fused-ring (bicyclic) bond motifs is 1. The van der Waals surface area contributed by atoms with Gasteiger partial charge < -0.3 is 4.57 Å². The quantitative estimate of drug-likeness (QED) is 0.739. The highest BCUT2D eigenvalue weighted by atomic mass is 35.5. The van der Waals surface area contributed by atoms with E-state index in [1.165, 1.54) is 25.7 Å². The molecule has 1 aliphatic carbocycles. The molecule has 0 aliphatic heterocycles. The molecule has 0 N–H and O–H groups in total. The number of alkyl halides is 1. The van der Waals surface area contributed by atoms with Crippen molar-refractivity contribution in [2.45, 2.75) is 57.9 Å². The molecular formula is C16H22ClN3. The third-order valence-electron chi connectivity index (χ3n) is 4.51. The minimum Gasteiger partial charge on any atom is -0.308 e. The number of pyridine rings is 1. The summed E-state index contributed by atoms with van der Waals surface area (Å²) >= 11 is 6.34. The SMILES string of the molecule is CC(Cl)c1nc2cccnc2n1C1CCC(C)(C)CC1. The lowest BCUT2D eigenvalue weighted by atomic mass is 9.75. The van der Waals surface area contributed by atoms with E-state index < -0.39 is 0 Å². The maximum atomic E-state index is 6.34. The Morgan fingerprint density at radius 1 is 1.35 bits per heavy atom. The molecule has 0 aromatic carbocycles. The van der Waals surface area contributed by atoms with Crippen molar-refractivity contribution < 1.29 is 0 Å². The van der Waals surface area contributed by atoms with Crippen LogP contribution in [-0.2, 0) is 0 Å². The second kappa shape index (κ2) is 5.03. The van der Waals surface area contributed by atoms with Gasteiger partial charge in [-0.25, -0.2) is 9.97 Å². The Labute approximate surface area is 125 Å². The third kappa shape index (κ3) is 2.44. The smallest absolute Gasteiger partial charge is 0.160 e. The molecule has 3 rings (SSSR count). The van der Waals surface area contributed by atoms with E-state index in [1.807, 2.05) is 25.3 Å². The monoisotopic (exact) mass is 291 g/mol. The van der Waals surface area contributed by atoms with Gasteiger partial charge in [0.05, 0.1) is 5.38 Å². The van der Waals surface area contributed by atoms with Crippen LogP contribution in [0, 0.1) is 5.41 Å². The molecule has 2 aromatic rings. The summed E-state index contributed by atoms with van der Waals surface area (Å²) in [5.74, 6) is 0.963. The van der Waals surface area contributed by atoms with Crippen molar-refractivity contribution in [2.75, 3.05) is 0 Å². The van der Waals surface area contributed by atoms with Crippen molar-refractivity contribution in [1.82, 2.24) is 14.5 Å². The third-order valence-corrected chi connectivity index (χ3v) is 4.70. The van der Waals surface area contributed by atoms with Crippen molar-refractivity contribution in [3.05, 3.63) is 24.2 Å². The van der Waals surface area contributed by atoms with E-state index in [4.69, 9.17) is 16.6 Å². The summed E-state index contributed by atoms with van der Waals surface area (Å²) in [5, 5.41) is -0.0841. The summed E-state index contributed by atoms with van der Waals surface area (Å²) in [7, 11) is 0. The highest BCUT2D eigenvalue weighted by Gasteiger charge is 2.30. The van der Waals surface area contributed by atoms with Crippen LogP contribution in [0.3, 0.4) is 0 Å². The zero-order valence-electron chi connectivity index (χ0n) is 12.4. The molecule has 108 valence electrons. The predicted octanol–water partition coefficient (Wildman–Crippen LogP) is 4.87. The van der Waals surface area contributed by atoms with Crippen LogP contribution in [0.1, 0.15) is 63.7 Å². The lowest BCUT2D eigenvalue weighted by Gasteiger charge is -2.35. The molecule has 0 bridgehead atoms. The van der Waals surface area contributed by atoms with Gasteiger partial charge in [-0.05, 0) is 50.2 Å². The fraction of sp³-hybridized carbons (Fsp3) is 0.625. The molecule has 0 radical (unpaired) electrons. The second-order valence-corrected chi connectivity index (χ2v) is 7.35. The first kappa shape index (κ1) is 13.9. The molecule has 0 amide bonds. The van der Waals surface area contributed by atoms with Crippen molar-refractivity contribution in [3.63, 3.8) is 0 Å². The van der Waals surface area contributed by atoms with Gasteiger partial charge in [0.1, 0.15) is 11.3 Å². The standard InChI is InChI=1S/C16H22ClN3/c1-11(17)14-19-13-5-4-10-18-15(13)20(14)12-6-8-16(2,3)9-7-12/h4-5,10-12H,6-9H2,1-3H3. The van der Waals surface area contributed by atoms with Crippen molar-refractivity contribution in [3.8, 4) is 0 Å². The summed E-state index contributed by atoms with van der Waals surface area (Å²) in [6.07, 6.45) is 6.72. The topological polar surface area (TPSA) is 30.7 Å². The number of hydrogen-bond acceptors (Lipinski definition) is 2. The number of nitrogens with zero attached hydrogens (tertiary/aromatic N) is 3. The highest BCUT2D eigenvalue weighted by Crippen LogP contribution is 2.42. The lowest BCUT2D eigenvalue weighted by molar-refractivity contribution is 0.193. The van der Waals surface area contributed by atoms with E-state index in [0.29, 0.717) is 11.5 Å². The zero-order chi connectivity index (χ0) is 14.3. The molecule has 2 aromatic heterocycles. The number of halogens is 1. The van der Waals surface area contributed by atoms with Crippen molar-refractivity contribution in [2.24, 2.45) is 5.41 Å². The first-order chi connectivity index (χ1) is 9.48. The average Bonchev–Trinajstić information content (AvgIpc) is 2.78. The second-order valence-electron chi connectivity index (χ2n) is 6.70. The predicted molar refractivity (Wildman–Crippen MR) is 83.1 cm³/mol. The van der Waals surface area contributed by atoms with E-state index >= 15 is 0 Å². The Hall–Kier alpha value is -1.09. The average molecular weight is 292 g/mol. The molecule has 0 saturated heterocycles. The molecule has 4 heteroatoms. The lowest BCUT2D eigenvalue weighted by Crippen LogP contribution is -2.24. The Morgan fingerprint density at radius 3 is 2.70 bits per heavy atom. The molecule has 1 fully saturated rings. The molecule has 1 aliphatic rings. The van der Waals surface area contributed by atoms with Gasteiger partial charge in [-0.2, -0.15) is 0 Å². The number of aromatic nitrogens is 3. The first-order valence-corrected chi connectivity index (χ1v) is 7.88. The van der Waals surface area contributed by atoms with Gasteiger partial charge in [0.2, 0.25) is 0 Å². The van der Waals surface area contributed by atoms with Crippen LogP contribution >= 0.6 is 11.6 Å². The van der Waals surface area contributed by atoms with Gasteiger partial charge in [0.15, 0.2) is 5.65 Å². The maximum absolute atomic E-state index is 6.34. The number of imidazole rings is 1. The van der Waals surface area contributed by atoms with Crippen LogP contribution in [0.5, 0.6) is 0 Å². The summed E-state index contributed by atoms with van der Waals surface area (Å²) in [5.41, 5.74) is 2.41. The Bertz CT molecular complexity index is 605. The van der Waals surface area contributed by atoms with Crippen molar-refractivity contribution in [1.29, 1.82) is 0 Å². The van der Waals surface area contributed by atoms with Crippen LogP contribution in [0.15, 0.2) is 18.3 Å². The molecule has 0 spiro atoms. The van der Waals surface area contributed by atoms with Gasteiger partial charge in [0, 0.05) is 12.2 Å². The van der Waals surface area contributed by atoms with Gasteiger partial charge >= 0.3 is 0 Å². The van der Waals surface area contributed by atoms with Gasteiger partial charge in [-0.3, -0.25) is 0 Å². The minimum atomic E-state index is -0.0841. The minimum absolute atomic E-state index is 0.0841. The Kier molecular flexibility index (Phi) is 3.49. The van der Waals surface area contributed by atoms with Gasteiger partial charge in [-0.15, -0.1) is 11.6 Å². The Balaban J connectivity index is 2.03. The first-order valence-electron chi connectivity index (χ1n) is 7.45. The van der Waals surface area contributed by atoms with E-state index in [1.54, 1.807) is 0 Å². The van der Waals surface area contributed by atoms with Crippen LogP contribution in [0.2, 0.25) is 0 Å². The summed E-state index contributed by atoms with van der Waals surface area (Å²) in [6, 6.07) is 4.44. The summed E-state index contributed by atoms with van der Waals surface area (Å²) in [4.78, 5) is 9.23. The van der Waals surface area contributed by atoms with Crippen LogP contribution in [-0.4, -0.2) is 14.5 Å². The van der Waals surface area contributed by atoms with E-state index in [0.717, 1.165) is 17.0 Å². The molecule has 1 atom stereocenters. The molecular weight excluding hydrogens is 270 g/mol. The molecule has 1 saturated carbocycles. The van der Waals surface area contributed by atoms with E-state index in [-0.39, 0.29) is 5.38 Å². The Morgan fingerprint density at radius 2 is 2.05 bits per heavy atom. The van der Waals surface area contributed by atoms with E-state index in [9.17, 15) is 0 Å². The van der Waals surface area contributed by atoms with Gasteiger partial charge in [0.25, 0.3) is 0 Å². The van der Waals surface area contributed by atoms with Gasteiger partial charge in [-0.1, -0.05) is 13.8 Å². The molecule has 20 heavy (non-hydrogen) atoms. The van der Waals surface area contributed by atoms with Crippen LogP contribution in [0.4, 0.5) is 0 Å². The number of rotatable bonds is 2. The highest BCUT2D eigenvalue weighted by molar-refractivity contribution is 6.20. The summed E-state index contributed by atoms with van der Waals surface area (Å²) in [6.45, 7) is 6.71. The van der Waals surface area contributed by atoms with E-state index in [2.05, 4.69) is 23.4 Å². The largest absolute Gasteiger partial charge is 0.308 e. The fourth-order valence-electron chi connectivity index (χ4n) is 3.23.